The zero-order valence-corrected chi connectivity index (χ0v) is 13.0. The lowest BCUT2D eigenvalue weighted by Gasteiger charge is -2.26. The van der Waals surface area contributed by atoms with Gasteiger partial charge >= 0.3 is 0 Å². The molecule has 0 bridgehead atoms. The van der Waals surface area contributed by atoms with E-state index in [0.717, 1.165) is 36.6 Å². The minimum absolute atomic E-state index is 0. The third-order valence-electron chi connectivity index (χ3n) is 4.11. The number of benzene rings is 1. The van der Waals surface area contributed by atoms with Gasteiger partial charge in [0.1, 0.15) is 5.56 Å². The van der Waals surface area contributed by atoms with Gasteiger partial charge in [0.2, 0.25) is 0 Å². The van der Waals surface area contributed by atoms with Crippen LogP contribution in [0.2, 0.25) is 0 Å². The Bertz CT molecular complexity index is 721. The van der Waals surface area contributed by atoms with E-state index in [1.807, 2.05) is 24.3 Å². The van der Waals surface area contributed by atoms with Gasteiger partial charge in [-0.2, -0.15) is 0 Å². The van der Waals surface area contributed by atoms with Gasteiger partial charge in [0, 0.05) is 17.6 Å². The highest BCUT2D eigenvalue weighted by atomic mass is 35.5. The van der Waals surface area contributed by atoms with E-state index in [-0.39, 0.29) is 41.5 Å². The molecule has 1 heterocycles. The number of carbonyl (C=O) groups is 1. The minimum atomic E-state index is -0.348. The quantitative estimate of drug-likeness (QED) is 0.790. The Labute approximate surface area is 134 Å². The summed E-state index contributed by atoms with van der Waals surface area (Å²) in [7, 11) is 0. The van der Waals surface area contributed by atoms with E-state index < -0.39 is 0 Å². The molecule has 1 saturated carbocycles. The molecule has 118 valence electrons. The van der Waals surface area contributed by atoms with Crippen LogP contribution in [-0.2, 0) is 0 Å². The molecule has 22 heavy (non-hydrogen) atoms. The van der Waals surface area contributed by atoms with Crippen molar-refractivity contribution in [2.45, 2.75) is 37.8 Å². The van der Waals surface area contributed by atoms with Crippen molar-refractivity contribution in [3.05, 3.63) is 46.2 Å². The maximum absolute atomic E-state index is 12.3. The van der Waals surface area contributed by atoms with E-state index in [2.05, 4.69) is 10.3 Å². The topological polar surface area (TPSA) is 88.0 Å². The Balaban J connectivity index is 0.00000176. The van der Waals surface area contributed by atoms with Gasteiger partial charge in [-0.25, -0.2) is 0 Å². The molecule has 3 rings (SSSR count). The van der Waals surface area contributed by atoms with Crippen molar-refractivity contribution in [3.8, 4) is 0 Å². The fraction of sp³-hybridized carbons (Fsp3) is 0.375. The van der Waals surface area contributed by atoms with Crippen LogP contribution in [0, 0.1) is 0 Å². The van der Waals surface area contributed by atoms with Gasteiger partial charge in [-0.15, -0.1) is 12.4 Å². The van der Waals surface area contributed by atoms with Crippen LogP contribution in [0.25, 0.3) is 10.9 Å². The van der Waals surface area contributed by atoms with E-state index in [1.165, 1.54) is 0 Å². The summed E-state index contributed by atoms with van der Waals surface area (Å²) in [5, 5.41) is 3.80. The summed E-state index contributed by atoms with van der Waals surface area (Å²) in [5.74, 6) is -0.303. The number of carbonyl (C=O) groups excluding carboxylic acids is 1. The van der Waals surface area contributed by atoms with Crippen molar-refractivity contribution in [2.75, 3.05) is 0 Å². The maximum atomic E-state index is 12.3. The number of rotatable bonds is 2. The van der Waals surface area contributed by atoms with Crippen LogP contribution in [-0.4, -0.2) is 23.0 Å². The number of nitrogens with two attached hydrogens (primary N) is 1. The first-order valence-electron chi connectivity index (χ1n) is 7.32. The second-order valence-corrected chi connectivity index (χ2v) is 5.68. The molecule has 0 radical (unpaired) electrons. The predicted molar refractivity (Wildman–Crippen MR) is 89.5 cm³/mol. The summed E-state index contributed by atoms with van der Waals surface area (Å²) in [6, 6.07) is 9.43. The molecule has 0 spiro atoms. The van der Waals surface area contributed by atoms with Crippen LogP contribution in [0.4, 0.5) is 0 Å². The number of pyridine rings is 1. The number of nitrogens with one attached hydrogen (secondary N) is 2. The molecule has 5 nitrogen and oxygen atoms in total. The van der Waals surface area contributed by atoms with E-state index >= 15 is 0 Å². The zero-order chi connectivity index (χ0) is 14.8. The first kappa shape index (κ1) is 16.5. The Kier molecular flexibility index (Phi) is 5.21. The monoisotopic (exact) mass is 321 g/mol. The summed E-state index contributed by atoms with van der Waals surface area (Å²) in [4.78, 5) is 27.1. The van der Waals surface area contributed by atoms with E-state index in [1.54, 1.807) is 6.07 Å². The molecule has 1 aromatic heterocycles. The molecular weight excluding hydrogens is 302 g/mol. The van der Waals surface area contributed by atoms with Crippen molar-refractivity contribution in [3.63, 3.8) is 0 Å². The third-order valence-corrected chi connectivity index (χ3v) is 4.11. The van der Waals surface area contributed by atoms with Crippen LogP contribution in [0.5, 0.6) is 0 Å². The second-order valence-electron chi connectivity index (χ2n) is 5.68. The maximum Gasteiger partial charge on any atom is 0.261 e. The molecule has 1 aromatic carbocycles. The number of fused-ring (bicyclic) bond motifs is 1. The van der Waals surface area contributed by atoms with Gasteiger partial charge in [0.15, 0.2) is 0 Å². The van der Waals surface area contributed by atoms with Crippen LogP contribution >= 0.6 is 12.4 Å². The molecule has 1 aliphatic rings. The van der Waals surface area contributed by atoms with Gasteiger partial charge in [-0.3, -0.25) is 9.59 Å². The fourth-order valence-electron chi connectivity index (χ4n) is 2.84. The lowest BCUT2D eigenvalue weighted by atomic mass is 9.91. The third kappa shape index (κ3) is 3.48. The van der Waals surface area contributed by atoms with Crippen molar-refractivity contribution >= 4 is 29.2 Å². The highest BCUT2D eigenvalue weighted by Crippen LogP contribution is 2.17. The van der Waals surface area contributed by atoms with Gasteiger partial charge < -0.3 is 16.0 Å². The summed E-state index contributed by atoms with van der Waals surface area (Å²) in [5.41, 5.74) is 6.42. The summed E-state index contributed by atoms with van der Waals surface area (Å²) < 4.78 is 0. The van der Waals surface area contributed by atoms with E-state index in [0.29, 0.717) is 0 Å². The van der Waals surface area contributed by atoms with Gasteiger partial charge in [-0.1, -0.05) is 18.2 Å². The lowest BCUT2D eigenvalue weighted by Crippen LogP contribution is -2.41. The number of H-pyrrole nitrogens is 1. The number of halogens is 1. The number of aromatic amines is 1. The molecular formula is C16H20ClN3O2. The van der Waals surface area contributed by atoms with Crippen molar-refractivity contribution < 1.29 is 4.79 Å². The molecule has 0 saturated heterocycles. The predicted octanol–water partition coefficient (Wildman–Crippen LogP) is 1.95. The molecule has 4 N–H and O–H groups in total. The van der Waals surface area contributed by atoms with Crippen LogP contribution < -0.4 is 16.6 Å². The van der Waals surface area contributed by atoms with Crippen LogP contribution in [0.1, 0.15) is 36.0 Å². The van der Waals surface area contributed by atoms with Crippen molar-refractivity contribution in [1.29, 1.82) is 0 Å². The van der Waals surface area contributed by atoms with Crippen LogP contribution in [0.15, 0.2) is 35.1 Å². The smallest absolute Gasteiger partial charge is 0.261 e. The average Bonchev–Trinajstić information content (AvgIpc) is 2.49. The first-order chi connectivity index (χ1) is 10.1. The Morgan fingerprint density at radius 3 is 2.59 bits per heavy atom. The normalized spacial score (nSPS) is 21.1. The molecule has 0 atom stereocenters. The highest BCUT2D eigenvalue weighted by Gasteiger charge is 2.21. The first-order valence-corrected chi connectivity index (χ1v) is 7.32. The molecule has 6 heteroatoms. The van der Waals surface area contributed by atoms with Gasteiger partial charge in [0.05, 0.1) is 0 Å². The highest BCUT2D eigenvalue weighted by molar-refractivity contribution is 5.97. The Hall–Kier alpha value is -1.85. The summed E-state index contributed by atoms with van der Waals surface area (Å²) in [6.07, 6.45) is 3.58. The standard InChI is InChI=1S/C16H19N3O2.ClH/c17-11-5-7-12(8-6-11)18-15(20)13-9-10-3-1-2-4-14(10)19-16(13)21;/h1-4,9,11-12H,5-8,17H2,(H,18,20)(H,19,21);1H. The minimum Gasteiger partial charge on any atom is -0.349 e. The molecule has 0 aliphatic heterocycles. The van der Waals surface area contributed by atoms with E-state index in [4.69, 9.17) is 5.73 Å². The van der Waals surface area contributed by atoms with Crippen molar-refractivity contribution in [2.24, 2.45) is 5.73 Å². The SMILES string of the molecule is Cl.NC1CCC(NC(=O)c2cc3ccccc3[nH]c2=O)CC1. The van der Waals surface area contributed by atoms with Crippen molar-refractivity contribution in [1.82, 2.24) is 10.3 Å². The second kappa shape index (κ2) is 6.94. The molecule has 1 amide bonds. The number of amides is 1. The molecule has 2 aromatic rings. The summed E-state index contributed by atoms with van der Waals surface area (Å²) >= 11 is 0. The van der Waals surface area contributed by atoms with Crippen LogP contribution in [0.3, 0.4) is 0 Å². The number of hydrogen-bond acceptors (Lipinski definition) is 3. The molecule has 0 unspecified atom stereocenters. The Morgan fingerprint density at radius 1 is 1.18 bits per heavy atom. The lowest BCUT2D eigenvalue weighted by molar-refractivity contribution is 0.0924. The van der Waals surface area contributed by atoms with Gasteiger partial charge in [0.25, 0.3) is 11.5 Å². The Morgan fingerprint density at radius 2 is 1.86 bits per heavy atom. The fourth-order valence-corrected chi connectivity index (χ4v) is 2.84. The average molecular weight is 322 g/mol. The molecule has 1 aliphatic carbocycles. The number of para-hydroxylation sites is 1. The van der Waals surface area contributed by atoms with Gasteiger partial charge in [-0.05, 0) is 43.2 Å². The number of aromatic nitrogens is 1. The zero-order valence-electron chi connectivity index (χ0n) is 12.2. The largest absolute Gasteiger partial charge is 0.349 e. The number of hydrogen-bond donors (Lipinski definition) is 3. The molecule has 1 fully saturated rings. The van der Waals surface area contributed by atoms with E-state index in [9.17, 15) is 9.59 Å². The summed E-state index contributed by atoms with van der Waals surface area (Å²) in [6.45, 7) is 0.